The van der Waals surface area contributed by atoms with E-state index in [1.807, 2.05) is 34.9 Å². The fraction of sp³-hybridized carbons (Fsp3) is 0.385. The standard InChI is InChI=1S/C13H17N3OS/c1-2-12-14-15-13(18)16(12)9-6-10-17-11-7-4-3-5-8-11/h3-5,7-8H,2,6,9-10H2,1H3,(H,15,18). The van der Waals surface area contributed by atoms with Gasteiger partial charge in [-0.15, -0.1) is 0 Å². The van der Waals surface area contributed by atoms with Gasteiger partial charge in [-0.1, -0.05) is 25.1 Å². The molecular weight excluding hydrogens is 246 g/mol. The highest BCUT2D eigenvalue weighted by molar-refractivity contribution is 7.71. The number of aromatic nitrogens is 3. The predicted octanol–water partition coefficient (Wildman–Crippen LogP) is 2.97. The van der Waals surface area contributed by atoms with Crippen molar-refractivity contribution in [1.29, 1.82) is 0 Å². The van der Waals surface area contributed by atoms with Crippen LogP contribution in [0.5, 0.6) is 5.75 Å². The number of nitrogens with zero attached hydrogens (tertiary/aromatic N) is 2. The van der Waals surface area contributed by atoms with Gasteiger partial charge in [0, 0.05) is 13.0 Å². The second-order valence-corrected chi connectivity index (χ2v) is 4.35. The lowest BCUT2D eigenvalue weighted by Gasteiger charge is -2.07. The van der Waals surface area contributed by atoms with Crippen LogP contribution in [0.2, 0.25) is 0 Å². The SMILES string of the molecule is CCc1n[nH]c(=S)n1CCCOc1ccccc1. The van der Waals surface area contributed by atoms with Gasteiger partial charge in [0.2, 0.25) is 0 Å². The molecule has 0 amide bonds. The number of ether oxygens (including phenoxy) is 1. The molecule has 0 aliphatic carbocycles. The monoisotopic (exact) mass is 263 g/mol. The Hall–Kier alpha value is -1.62. The van der Waals surface area contributed by atoms with Crippen LogP contribution in [-0.2, 0) is 13.0 Å². The number of benzene rings is 1. The Morgan fingerprint density at radius 3 is 2.83 bits per heavy atom. The van der Waals surface area contributed by atoms with E-state index in [1.54, 1.807) is 0 Å². The molecule has 2 aromatic rings. The van der Waals surface area contributed by atoms with Gasteiger partial charge >= 0.3 is 0 Å². The zero-order valence-corrected chi connectivity index (χ0v) is 11.2. The van der Waals surface area contributed by atoms with Gasteiger partial charge in [0.25, 0.3) is 0 Å². The van der Waals surface area contributed by atoms with E-state index < -0.39 is 0 Å². The van der Waals surface area contributed by atoms with Crippen LogP contribution >= 0.6 is 12.2 Å². The fourth-order valence-corrected chi connectivity index (χ4v) is 2.02. The van der Waals surface area contributed by atoms with Crippen LogP contribution in [0.4, 0.5) is 0 Å². The fourth-order valence-electron chi connectivity index (χ4n) is 1.78. The highest BCUT2D eigenvalue weighted by Crippen LogP contribution is 2.09. The first-order valence-corrected chi connectivity index (χ1v) is 6.54. The van der Waals surface area contributed by atoms with Gasteiger partial charge in [0.1, 0.15) is 11.6 Å². The van der Waals surface area contributed by atoms with Crippen LogP contribution in [-0.4, -0.2) is 21.4 Å². The molecule has 0 aliphatic heterocycles. The number of aryl methyl sites for hydroxylation is 1. The Bertz CT molecular complexity index is 533. The van der Waals surface area contributed by atoms with Crippen LogP contribution in [0.25, 0.3) is 0 Å². The zero-order chi connectivity index (χ0) is 12.8. The van der Waals surface area contributed by atoms with Gasteiger partial charge in [-0.25, -0.2) is 0 Å². The Morgan fingerprint density at radius 2 is 2.11 bits per heavy atom. The van der Waals surface area contributed by atoms with E-state index >= 15 is 0 Å². The molecule has 0 saturated carbocycles. The summed E-state index contributed by atoms with van der Waals surface area (Å²) in [6.07, 6.45) is 1.79. The van der Waals surface area contributed by atoms with E-state index in [-0.39, 0.29) is 0 Å². The summed E-state index contributed by atoms with van der Waals surface area (Å²) >= 11 is 5.19. The maximum Gasteiger partial charge on any atom is 0.195 e. The van der Waals surface area contributed by atoms with Crippen LogP contribution in [0.1, 0.15) is 19.2 Å². The first-order valence-electron chi connectivity index (χ1n) is 6.13. The topological polar surface area (TPSA) is 42.8 Å². The largest absolute Gasteiger partial charge is 0.494 e. The van der Waals surface area contributed by atoms with Crippen LogP contribution in [0, 0.1) is 4.77 Å². The lowest BCUT2D eigenvalue weighted by molar-refractivity contribution is 0.300. The summed E-state index contributed by atoms with van der Waals surface area (Å²) in [5.74, 6) is 1.91. The molecule has 0 radical (unpaired) electrons. The number of hydrogen-bond donors (Lipinski definition) is 1. The molecule has 1 N–H and O–H groups in total. The van der Waals surface area contributed by atoms with Crippen LogP contribution < -0.4 is 4.74 Å². The molecule has 0 atom stereocenters. The Morgan fingerprint density at radius 1 is 1.33 bits per heavy atom. The van der Waals surface area contributed by atoms with Gasteiger partial charge in [0.05, 0.1) is 6.61 Å². The molecule has 0 bridgehead atoms. The number of H-pyrrole nitrogens is 1. The van der Waals surface area contributed by atoms with Crippen molar-refractivity contribution in [2.24, 2.45) is 0 Å². The Kier molecular flexibility index (Phi) is 4.52. The highest BCUT2D eigenvalue weighted by Gasteiger charge is 2.03. The minimum atomic E-state index is 0.681. The number of aromatic amines is 1. The first kappa shape index (κ1) is 12.8. The average molecular weight is 263 g/mol. The molecule has 96 valence electrons. The van der Waals surface area contributed by atoms with Crippen molar-refractivity contribution < 1.29 is 4.74 Å². The molecule has 2 rings (SSSR count). The number of para-hydroxylation sites is 1. The molecule has 0 saturated heterocycles. The molecular formula is C13H17N3OS. The van der Waals surface area contributed by atoms with Gasteiger partial charge in [-0.3, -0.25) is 5.10 Å². The number of nitrogens with one attached hydrogen (secondary N) is 1. The first-order chi connectivity index (χ1) is 8.81. The molecule has 1 aromatic carbocycles. The summed E-state index contributed by atoms with van der Waals surface area (Å²) in [6, 6.07) is 9.83. The van der Waals surface area contributed by atoms with Gasteiger partial charge in [0.15, 0.2) is 4.77 Å². The van der Waals surface area contributed by atoms with Crippen molar-refractivity contribution in [3.63, 3.8) is 0 Å². The third kappa shape index (κ3) is 3.20. The quantitative estimate of drug-likeness (QED) is 0.643. The van der Waals surface area contributed by atoms with E-state index in [0.717, 1.165) is 31.0 Å². The normalized spacial score (nSPS) is 10.5. The minimum Gasteiger partial charge on any atom is -0.494 e. The maximum atomic E-state index is 5.64. The van der Waals surface area contributed by atoms with Crippen molar-refractivity contribution in [3.05, 3.63) is 40.9 Å². The molecule has 5 heteroatoms. The molecule has 0 unspecified atom stereocenters. The molecule has 0 aliphatic rings. The van der Waals surface area contributed by atoms with E-state index in [2.05, 4.69) is 17.1 Å². The Balaban J connectivity index is 1.82. The second kappa shape index (κ2) is 6.35. The van der Waals surface area contributed by atoms with E-state index in [4.69, 9.17) is 17.0 Å². The summed E-state index contributed by atoms with van der Waals surface area (Å²) in [7, 11) is 0. The summed E-state index contributed by atoms with van der Waals surface area (Å²) in [6.45, 7) is 3.59. The number of hydrogen-bond acceptors (Lipinski definition) is 3. The van der Waals surface area contributed by atoms with Crippen molar-refractivity contribution in [2.75, 3.05) is 6.61 Å². The van der Waals surface area contributed by atoms with Crippen molar-refractivity contribution in [3.8, 4) is 5.75 Å². The summed E-state index contributed by atoms with van der Waals surface area (Å²) in [5.41, 5.74) is 0. The highest BCUT2D eigenvalue weighted by atomic mass is 32.1. The lowest BCUT2D eigenvalue weighted by Crippen LogP contribution is -2.07. The van der Waals surface area contributed by atoms with E-state index in [0.29, 0.717) is 11.4 Å². The van der Waals surface area contributed by atoms with E-state index in [1.165, 1.54) is 0 Å². The molecule has 1 heterocycles. The van der Waals surface area contributed by atoms with Crippen molar-refractivity contribution in [2.45, 2.75) is 26.3 Å². The summed E-state index contributed by atoms with van der Waals surface area (Å²) in [4.78, 5) is 0. The molecule has 0 spiro atoms. The lowest BCUT2D eigenvalue weighted by atomic mass is 10.3. The van der Waals surface area contributed by atoms with Gasteiger partial charge in [-0.2, -0.15) is 5.10 Å². The number of rotatable bonds is 6. The van der Waals surface area contributed by atoms with Gasteiger partial charge < -0.3 is 9.30 Å². The smallest absolute Gasteiger partial charge is 0.195 e. The zero-order valence-electron chi connectivity index (χ0n) is 10.4. The maximum absolute atomic E-state index is 5.64. The van der Waals surface area contributed by atoms with Gasteiger partial charge in [-0.05, 0) is 30.8 Å². The third-order valence-electron chi connectivity index (χ3n) is 2.69. The van der Waals surface area contributed by atoms with E-state index in [9.17, 15) is 0 Å². The second-order valence-electron chi connectivity index (χ2n) is 3.97. The van der Waals surface area contributed by atoms with Crippen molar-refractivity contribution >= 4 is 12.2 Å². The summed E-state index contributed by atoms with van der Waals surface area (Å²) < 4.78 is 8.36. The molecule has 0 fully saturated rings. The molecule has 18 heavy (non-hydrogen) atoms. The summed E-state index contributed by atoms with van der Waals surface area (Å²) in [5, 5.41) is 7.00. The minimum absolute atomic E-state index is 0.681. The van der Waals surface area contributed by atoms with Crippen molar-refractivity contribution in [1.82, 2.24) is 14.8 Å². The third-order valence-corrected chi connectivity index (χ3v) is 3.00. The molecule has 4 nitrogen and oxygen atoms in total. The Labute approximate surface area is 112 Å². The molecule has 1 aromatic heterocycles. The predicted molar refractivity (Wildman–Crippen MR) is 73.3 cm³/mol. The van der Waals surface area contributed by atoms with Crippen LogP contribution in [0.3, 0.4) is 0 Å². The van der Waals surface area contributed by atoms with Crippen LogP contribution in [0.15, 0.2) is 30.3 Å². The average Bonchev–Trinajstić information content (AvgIpc) is 2.77.